The number of hydrogen-bond acceptors (Lipinski definition) is 7. The fourth-order valence-corrected chi connectivity index (χ4v) is 1.19. The molecule has 0 spiro atoms. The first-order valence-electron chi connectivity index (χ1n) is 4.71. The third kappa shape index (κ3) is 1.62. The Morgan fingerprint density at radius 3 is 2.94 bits per heavy atom. The van der Waals surface area contributed by atoms with Gasteiger partial charge in [-0.05, 0) is 18.1 Å². The summed E-state index contributed by atoms with van der Waals surface area (Å²) in [5.41, 5.74) is 0. The van der Waals surface area contributed by atoms with Crippen molar-refractivity contribution in [1.82, 2.24) is 30.8 Å². The Labute approximate surface area is 88.6 Å². The molecule has 2 aromatic rings. The quantitative estimate of drug-likeness (QED) is 0.730. The maximum absolute atomic E-state index is 11.4. The SMILES string of the molecule is O=C(Nc1nnc(C2CC2)o1)c1nn[nH]n1. The number of aromatic nitrogens is 6. The Morgan fingerprint density at radius 1 is 1.38 bits per heavy atom. The van der Waals surface area contributed by atoms with Crippen LogP contribution >= 0.6 is 0 Å². The Balaban J connectivity index is 1.71. The molecule has 9 nitrogen and oxygen atoms in total. The van der Waals surface area contributed by atoms with Crippen molar-refractivity contribution in [3.8, 4) is 0 Å². The third-order valence-electron chi connectivity index (χ3n) is 2.14. The molecule has 2 N–H and O–H groups in total. The molecule has 0 radical (unpaired) electrons. The van der Waals surface area contributed by atoms with Crippen molar-refractivity contribution in [3.05, 3.63) is 11.7 Å². The number of nitrogens with one attached hydrogen (secondary N) is 2. The highest BCUT2D eigenvalue weighted by Crippen LogP contribution is 2.39. The molecule has 0 bridgehead atoms. The molecule has 0 aliphatic heterocycles. The minimum Gasteiger partial charge on any atom is -0.408 e. The lowest BCUT2D eigenvalue weighted by Gasteiger charge is -1.93. The number of tetrazole rings is 1. The first kappa shape index (κ1) is 8.95. The Bertz CT molecular complexity index is 501. The first-order chi connectivity index (χ1) is 7.83. The van der Waals surface area contributed by atoms with Crippen LogP contribution in [-0.2, 0) is 0 Å². The Kier molecular flexibility index (Phi) is 1.88. The van der Waals surface area contributed by atoms with Crippen LogP contribution < -0.4 is 5.32 Å². The predicted molar refractivity (Wildman–Crippen MR) is 48.4 cm³/mol. The smallest absolute Gasteiger partial charge is 0.322 e. The zero-order valence-corrected chi connectivity index (χ0v) is 8.04. The summed E-state index contributed by atoms with van der Waals surface area (Å²) in [7, 11) is 0. The molecule has 2 aromatic heterocycles. The molecule has 2 heterocycles. The second kappa shape index (κ2) is 3.36. The van der Waals surface area contributed by atoms with Crippen molar-refractivity contribution in [1.29, 1.82) is 0 Å². The number of rotatable bonds is 3. The Hall–Kier alpha value is -2.32. The van der Waals surface area contributed by atoms with E-state index >= 15 is 0 Å². The van der Waals surface area contributed by atoms with E-state index in [0.717, 1.165) is 12.8 Å². The topological polar surface area (TPSA) is 122 Å². The van der Waals surface area contributed by atoms with E-state index in [0.29, 0.717) is 11.8 Å². The van der Waals surface area contributed by atoms with Gasteiger partial charge in [0.15, 0.2) is 0 Å². The zero-order chi connectivity index (χ0) is 11.0. The van der Waals surface area contributed by atoms with Crippen LogP contribution in [0, 0.1) is 0 Å². The molecule has 0 aromatic carbocycles. The molecule has 1 fully saturated rings. The minimum atomic E-state index is -0.542. The summed E-state index contributed by atoms with van der Waals surface area (Å²) >= 11 is 0. The summed E-state index contributed by atoms with van der Waals surface area (Å²) < 4.78 is 5.24. The van der Waals surface area contributed by atoms with Gasteiger partial charge >= 0.3 is 11.9 Å². The number of H-pyrrole nitrogens is 1. The molecule has 1 aliphatic rings. The van der Waals surface area contributed by atoms with Crippen LogP contribution in [-0.4, -0.2) is 36.7 Å². The summed E-state index contributed by atoms with van der Waals surface area (Å²) in [4.78, 5) is 11.4. The molecule has 0 atom stereocenters. The molecule has 82 valence electrons. The van der Waals surface area contributed by atoms with Gasteiger partial charge in [0.1, 0.15) is 0 Å². The molecule has 0 saturated heterocycles. The van der Waals surface area contributed by atoms with Gasteiger partial charge in [-0.25, -0.2) is 0 Å². The third-order valence-corrected chi connectivity index (χ3v) is 2.14. The highest BCUT2D eigenvalue weighted by Gasteiger charge is 2.29. The van der Waals surface area contributed by atoms with Gasteiger partial charge in [0, 0.05) is 5.92 Å². The summed E-state index contributed by atoms with van der Waals surface area (Å²) in [6.45, 7) is 0. The normalized spacial score (nSPS) is 15.0. The fourth-order valence-electron chi connectivity index (χ4n) is 1.19. The molecule has 0 unspecified atom stereocenters. The maximum atomic E-state index is 11.4. The zero-order valence-electron chi connectivity index (χ0n) is 8.04. The minimum absolute atomic E-state index is 0.0525. The van der Waals surface area contributed by atoms with Gasteiger partial charge < -0.3 is 4.42 Å². The van der Waals surface area contributed by atoms with Gasteiger partial charge in [0.25, 0.3) is 5.82 Å². The van der Waals surface area contributed by atoms with Crippen LogP contribution in [0.15, 0.2) is 4.42 Å². The number of anilines is 1. The van der Waals surface area contributed by atoms with Gasteiger partial charge in [-0.3, -0.25) is 10.1 Å². The average molecular weight is 221 g/mol. The van der Waals surface area contributed by atoms with Crippen LogP contribution in [0.1, 0.15) is 35.3 Å². The number of carbonyl (C=O) groups is 1. The van der Waals surface area contributed by atoms with Crippen LogP contribution in [0.2, 0.25) is 0 Å². The van der Waals surface area contributed by atoms with E-state index in [1.807, 2.05) is 0 Å². The van der Waals surface area contributed by atoms with Crippen molar-refractivity contribution in [2.75, 3.05) is 5.32 Å². The molecular formula is C7H7N7O2. The monoisotopic (exact) mass is 221 g/mol. The molecule has 1 saturated carbocycles. The molecular weight excluding hydrogens is 214 g/mol. The highest BCUT2D eigenvalue weighted by molar-refractivity contribution is 5.99. The molecule has 1 amide bonds. The predicted octanol–water partition coefficient (Wildman–Crippen LogP) is -0.288. The summed E-state index contributed by atoms with van der Waals surface area (Å²) in [6.07, 6.45) is 2.11. The molecule has 3 rings (SSSR count). The van der Waals surface area contributed by atoms with Gasteiger partial charge in [-0.15, -0.1) is 15.3 Å². The lowest BCUT2D eigenvalue weighted by atomic mass is 10.4. The van der Waals surface area contributed by atoms with E-state index in [9.17, 15) is 4.79 Å². The van der Waals surface area contributed by atoms with Gasteiger partial charge in [0.05, 0.1) is 0 Å². The van der Waals surface area contributed by atoms with Crippen LogP contribution in [0.4, 0.5) is 6.01 Å². The van der Waals surface area contributed by atoms with Crippen molar-refractivity contribution in [2.24, 2.45) is 0 Å². The van der Waals surface area contributed by atoms with Gasteiger partial charge in [-0.1, -0.05) is 5.10 Å². The van der Waals surface area contributed by atoms with Crippen molar-refractivity contribution in [3.63, 3.8) is 0 Å². The average Bonchev–Trinajstić information content (AvgIpc) is 2.82. The summed E-state index contributed by atoms with van der Waals surface area (Å²) in [5.74, 6) is 0.289. The standard InChI is InChI=1S/C7H7N7O2/c15-5(4-9-13-14-10-4)8-7-12-11-6(16-7)3-1-2-3/h3H,1-2H2,(H,8,12,15)(H,9,10,13,14). The van der Waals surface area contributed by atoms with E-state index in [4.69, 9.17) is 4.42 Å². The van der Waals surface area contributed by atoms with E-state index in [2.05, 4.69) is 36.1 Å². The van der Waals surface area contributed by atoms with Crippen molar-refractivity contribution in [2.45, 2.75) is 18.8 Å². The second-order valence-electron chi connectivity index (χ2n) is 3.41. The Morgan fingerprint density at radius 2 is 2.25 bits per heavy atom. The van der Waals surface area contributed by atoms with Crippen LogP contribution in [0.3, 0.4) is 0 Å². The summed E-state index contributed by atoms with van der Waals surface area (Å²) in [5, 5.41) is 22.4. The van der Waals surface area contributed by atoms with E-state index in [-0.39, 0.29) is 11.8 Å². The van der Waals surface area contributed by atoms with Crippen LogP contribution in [0.25, 0.3) is 0 Å². The maximum Gasteiger partial charge on any atom is 0.322 e. The first-order valence-corrected chi connectivity index (χ1v) is 4.71. The number of amides is 1. The second-order valence-corrected chi connectivity index (χ2v) is 3.41. The lowest BCUT2D eigenvalue weighted by Crippen LogP contribution is -2.14. The highest BCUT2D eigenvalue weighted by atomic mass is 16.4. The van der Waals surface area contributed by atoms with Crippen LogP contribution in [0.5, 0.6) is 0 Å². The molecule has 1 aliphatic carbocycles. The number of hydrogen-bond donors (Lipinski definition) is 2. The lowest BCUT2D eigenvalue weighted by molar-refractivity contribution is 0.101. The van der Waals surface area contributed by atoms with Crippen molar-refractivity contribution < 1.29 is 9.21 Å². The number of carbonyl (C=O) groups excluding carboxylic acids is 1. The molecule has 16 heavy (non-hydrogen) atoms. The van der Waals surface area contributed by atoms with Gasteiger partial charge in [-0.2, -0.15) is 5.21 Å². The number of nitrogens with zero attached hydrogens (tertiary/aromatic N) is 5. The van der Waals surface area contributed by atoms with E-state index in [1.165, 1.54) is 0 Å². The number of aromatic amines is 1. The summed E-state index contributed by atoms with van der Waals surface area (Å²) in [6, 6.07) is 0.0525. The van der Waals surface area contributed by atoms with Gasteiger partial charge in [0.2, 0.25) is 5.89 Å². The molecule has 9 heteroatoms. The van der Waals surface area contributed by atoms with Crippen molar-refractivity contribution >= 4 is 11.9 Å². The fraction of sp³-hybridized carbons (Fsp3) is 0.429. The van der Waals surface area contributed by atoms with E-state index in [1.54, 1.807) is 0 Å². The van der Waals surface area contributed by atoms with E-state index < -0.39 is 5.91 Å². The largest absolute Gasteiger partial charge is 0.408 e.